The SMILES string of the molecule is COCCOCCOCCOC(=O)C1CC(C)(C)N([O])C(C)(C)C1. The van der Waals surface area contributed by atoms with Crippen LogP contribution in [0.5, 0.6) is 0 Å². The topological polar surface area (TPSA) is 77.1 Å². The number of ether oxygens (including phenoxy) is 4. The molecule has 0 N–H and O–H groups in total. The average molecular weight is 346 g/mol. The lowest BCUT2D eigenvalue weighted by molar-refractivity contribution is -0.293. The van der Waals surface area contributed by atoms with E-state index in [1.165, 1.54) is 0 Å². The third-order valence-electron chi connectivity index (χ3n) is 4.20. The molecule has 0 aromatic rings. The fourth-order valence-electron chi connectivity index (χ4n) is 3.21. The maximum atomic E-state index is 12.3. The van der Waals surface area contributed by atoms with Gasteiger partial charge in [0.2, 0.25) is 0 Å². The molecule has 0 spiro atoms. The van der Waals surface area contributed by atoms with Crippen LogP contribution in [0.3, 0.4) is 0 Å². The molecular formula is C17H32NO6. The molecule has 1 saturated heterocycles. The molecule has 0 amide bonds. The lowest BCUT2D eigenvalue weighted by Gasteiger charge is -2.49. The van der Waals surface area contributed by atoms with Gasteiger partial charge in [-0.1, -0.05) is 0 Å². The van der Waals surface area contributed by atoms with Crippen LogP contribution >= 0.6 is 0 Å². The molecular weight excluding hydrogens is 314 g/mol. The average Bonchev–Trinajstić information content (AvgIpc) is 2.50. The van der Waals surface area contributed by atoms with Gasteiger partial charge in [-0.25, -0.2) is 0 Å². The zero-order valence-corrected chi connectivity index (χ0v) is 15.6. The van der Waals surface area contributed by atoms with Gasteiger partial charge in [0.05, 0.1) is 39.0 Å². The Morgan fingerprint density at radius 3 is 1.88 bits per heavy atom. The van der Waals surface area contributed by atoms with Gasteiger partial charge >= 0.3 is 5.97 Å². The Bertz CT molecular complexity index is 367. The Balaban J connectivity index is 2.21. The van der Waals surface area contributed by atoms with Crippen molar-refractivity contribution in [3.8, 4) is 0 Å². The molecule has 7 nitrogen and oxygen atoms in total. The van der Waals surface area contributed by atoms with Crippen LogP contribution in [0.25, 0.3) is 0 Å². The number of piperidine rings is 1. The van der Waals surface area contributed by atoms with Gasteiger partial charge < -0.3 is 18.9 Å². The Labute approximate surface area is 145 Å². The highest BCUT2D eigenvalue weighted by molar-refractivity contribution is 5.73. The van der Waals surface area contributed by atoms with E-state index in [-0.39, 0.29) is 18.5 Å². The summed E-state index contributed by atoms with van der Waals surface area (Å²) in [6.07, 6.45) is 1.01. The highest BCUT2D eigenvalue weighted by Crippen LogP contribution is 2.40. The van der Waals surface area contributed by atoms with Crippen LogP contribution in [0.1, 0.15) is 40.5 Å². The van der Waals surface area contributed by atoms with Crippen LogP contribution in [0.4, 0.5) is 0 Å². The summed E-state index contributed by atoms with van der Waals surface area (Å²) < 4.78 is 20.8. The zero-order valence-electron chi connectivity index (χ0n) is 15.6. The molecule has 0 aromatic carbocycles. The Morgan fingerprint density at radius 2 is 1.38 bits per heavy atom. The van der Waals surface area contributed by atoms with Gasteiger partial charge in [-0.05, 0) is 40.5 Å². The van der Waals surface area contributed by atoms with E-state index in [2.05, 4.69) is 0 Å². The maximum absolute atomic E-state index is 12.3. The summed E-state index contributed by atoms with van der Waals surface area (Å²) in [5.74, 6) is -0.498. The predicted octanol–water partition coefficient (Wildman–Crippen LogP) is 1.82. The summed E-state index contributed by atoms with van der Waals surface area (Å²) in [7, 11) is 1.62. The first-order valence-corrected chi connectivity index (χ1v) is 8.49. The number of rotatable bonds is 10. The molecule has 0 unspecified atom stereocenters. The van der Waals surface area contributed by atoms with Crippen LogP contribution in [0.2, 0.25) is 0 Å². The molecule has 1 aliphatic heterocycles. The lowest BCUT2D eigenvalue weighted by atomic mass is 9.75. The van der Waals surface area contributed by atoms with E-state index in [0.717, 1.165) is 5.06 Å². The zero-order chi connectivity index (χ0) is 18.2. The minimum atomic E-state index is -0.568. The fraction of sp³-hybridized carbons (Fsp3) is 0.941. The molecule has 1 fully saturated rings. The third-order valence-corrected chi connectivity index (χ3v) is 4.20. The van der Waals surface area contributed by atoms with E-state index in [4.69, 9.17) is 18.9 Å². The first-order valence-electron chi connectivity index (χ1n) is 8.49. The van der Waals surface area contributed by atoms with Gasteiger partial charge in [-0.2, -0.15) is 0 Å². The quantitative estimate of drug-likeness (QED) is 0.444. The maximum Gasteiger partial charge on any atom is 0.309 e. The van der Waals surface area contributed by atoms with Crippen molar-refractivity contribution in [1.82, 2.24) is 5.06 Å². The van der Waals surface area contributed by atoms with E-state index < -0.39 is 11.1 Å². The summed E-state index contributed by atoms with van der Waals surface area (Å²) in [6.45, 7) is 10.1. The number of hydroxylamine groups is 2. The minimum Gasteiger partial charge on any atom is -0.463 e. The first kappa shape index (κ1) is 21.3. The van der Waals surface area contributed by atoms with Crippen molar-refractivity contribution < 1.29 is 28.9 Å². The van der Waals surface area contributed by atoms with Gasteiger partial charge in [0.15, 0.2) is 0 Å². The molecule has 141 valence electrons. The van der Waals surface area contributed by atoms with Crippen molar-refractivity contribution in [2.24, 2.45) is 5.92 Å². The standard InChI is InChI=1S/C17H32NO6/c1-16(2)12-14(13-17(3,4)18(16)20)15(19)24-11-10-23-9-8-22-7-6-21-5/h14H,6-13H2,1-5H3. The van der Waals surface area contributed by atoms with E-state index in [1.54, 1.807) is 7.11 Å². The highest BCUT2D eigenvalue weighted by atomic mass is 16.6. The number of carbonyl (C=O) groups is 1. The molecule has 0 bridgehead atoms. The molecule has 1 radical (unpaired) electrons. The summed E-state index contributed by atoms with van der Waals surface area (Å²) in [4.78, 5) is 12.3. The van der Waals surface area contributed by atoms with Crippen LogP contribution in [0, 0.1) is 5.92 Å². The monoisotopic (exact) mass is 346 g/mol. The number of nitrogens with zero attached hydrogens (tertiary/aromatic N) is 1. The third kappa shape index (κ3) is 6.64. The Hall–Kier alpha value is -0.730. The Kier molecular flexibility index (Phi) is 8.59. The van der Waals surface area contributed by atoms with Gasteiger partial charge in [-0.15, -0.1) is 10.3 Å². The van der Waals surface area contributed by atoms with Crippen LogP contribution in [0.15, 0.2) is 0 Å². The van der Waals surface area contributed by atoms with Gasteiger partial charge in [-0.3, -0.25) is 4.79 Å². The number of esters is 1. The second kappa shape index (κ2) is 9.68. The molecule has 1 heterocycles. The number of hydrogen-bond acceptors (Lipinski definition) is 6. The molecule has 0 saturated carbocycles. The van der Waals surface area contributed by atoms with Crippen molar-refractivity contribution in [3.05, 3.63) is 0 Å². The van der Waals surface area contributed by atoms with Crippen molar-refractivity contribution in [2.75, 3.05) is 46.8 Å². The fourth-order valence-corrected chi connectivity index (χ4v) is 3.21. The van der Waals surface area contributed by atoms with Crippen LogP contribution in [-0.2, 0) is 28.9 Å². The molecule has 0 aliphatic carbocycles. The van der Waals surface area contributed by atoms with Crippen molar-refractivity contribution in [3.63, 3.8) is 0 Å². The molecule has 1 aliphatic rings. The van der Waals surface area contributed by atoms with Gasteiger partial charge in [0.1, 0.15) is 6.61 Å². The molecule has 1 rings (SSSR count). The minimum absolute atomic E-state index is 0.218. The first-order chi connectivity index (χ1) is 11.2. The smallest absolute Gasteiger partial charge is 0.309 e. The largest absolute Gasteiger partial charge is 0.463 e. The number of carbonyl (C=O) groups excluding carboxylic acids is 1. The summed E-state index contributed by atoms with van der Waals surface area (Å²) >= 11 is 0. The van der Waals surface area contributed by atoms with Crippen LogP contribution in [-0.4, -0.2) is 68.9 Å². The summed E-state index contributed by atoms with van der Waals surface area (Å²) in [6, 6.07) is 0. The Morgan fingerprint density at radius 1 is 0.917 bits per heavy atom. The molecule has 0 atom stereocenters. The molecule has 0 aromatic heterocycles. The highest BCUT2D eigenvalue weighted by Gasteiger charge is 2.48. The summed E-state index contributed by atoms with van der Waals surface area (Å²) in [5.41, 5.74) is -1.14. The van der Waals surface area contributed by atoms with Crippen molar-refractivity contribution >= 4 is 5.97 Å². The second-order valence-electron chi connectivity index (χ2n) is 7.41. The van der Waals surface area contributed by atoms with Crippen molar-refractivity contribution in [1.29, 1.82) is 0 Å². The lowest BCUT2D eigenvalue weighted by Crippen LogP contribution is -2.59. The van der Waals surface area contributed by atoms with E-state index in [1.807, 2.05) is 27.7 Å². The second-order valence-corrected chi connectivity index (χ2v) is 7.41. The number of methoxy groups -OCH3 is 1. The van der Waals surface area contributed by atoms with E-state index in [0.29, 0.717) is 45.9 Å². The normalized spacial score (nSPS) is 20.9. The molecule has 24 heavy (non-hydrogen) atoms. The van der Waals surface area contributed by atoms with Crippen LogP contribution < -0.4 is 0 Å². The van der Waals surface area contributed by atoms with Crippen molar-refractivity contribution in [2.45, 2.75) is 51.6 Å². The van der Waals surface area contributed by atoms with E-state index >= 15 is 0 Å². The summed E-state index contributed by atoms with van der Waals surface area (Å²) in [5, 5.41) is 13.4. The molecule has 7 heteroatoms. The number of hydrogen-bond donors (Lipinski definition) is 0. The van der Waals surface area contributed by atoms with E-state index in [9.17, 15) is 10.0 Å². The predicted molar refractivity (Wildman–Crippen MR) is 87.9 cm³/mol. The van der Waals surface area contributed by atoms with Gasteiger partial charge in [0.25, 0.3) is 0 Å². The van der Waals surface area contributed by atoms with Gasteiger partial charge in [0, 0.05) is 18.2 Å².